The van der Waals surface area contributed by atoms with E-state index < -0.39 is 10.2 Å². The third-order valence-corrected chi connectivity index (χ3v) is 4.97. The fourth-order valence-electron chi connectivity index (χ4n) is 2.23. The smallest absolute Gasteiger partial charge is 0.279 e. The van der Waals surface area contributed by atoms with Gasteiger partial charge in [-0.2, -0.15) is 12.7 Å². The Kier molecular flexibility index (Phi) is 7.98. The highest BCUT2D eigenvalue weighted by Gasteiger charge is 2.27. The van der Waals surface area contributed by atoms with E-state index in [1.807, 2.05) is 13.8 Å². The van der Waals surface area contributed by atoms with Crippen LogP contribution in [-0.4, -0.2) is 56.8 Å². The van der Waals surface area contributed by atoms with Crippen LogP contribution in [0.4, 0.5) is 0 Å². The molecule has 0 radical (unpaired) electrons. The zero-order valence-electron chi connectivity index (χ0n) is 12.5. The van der Waals surface area contributed by atoms with E-state index in [2.05, 4.69) is 4.72 Å². The van der Waals surface area contributed by atoms with Crippen molar-refractivity contribution in [1.82, 2.24) is 9.03 Å². The largest absolute Gasteiger partial charge is 0.396 e. The van der Waals surface area contributed by atoms with E-state index in [1.165, 1.54) is 4.31 Å². The minimum atomic E-state index is -3.40. The van der Waals surface area contributed by atoms with E-state index >= 15 is 0 Å². The van der Waals surface area contributed by atoms with Gasteiger partial charge in [0.15, 0.2) is 0 Å². The molecule has 1 aliphatic heterocycles. The molecule has 0 saturated carbocycles. The Morgan fingerprint density at radius 3 is 2.80 bits per heavy atom. The maximum atomic E-state index is 12.1. The predicted octanol–water partition coefficient (Wildman–Crippen LogP) is 0.730. The van der Waals surface area contributed by atoms with Crippen molar-refractivity contribution < 1.29 is 18.3 Å². The predicted molar refractivity (Wildman–Crippen MR) is 78.6 cm³/mol. The second-order valence-electron chi connectivity index (χ2n) is 5.57. The van der Waals surface area contributed by atoms with E-state index in [4.69, 9.17) is 9.84 Å². The molecule has 120 valence electrons. The summed E-state index contributed by atoms with van der Waals surface area (Å²) >= 11 is 0. The highest BCUT2D eigenvalue weighted by atomic mass is 32.2. The summed E-state index contributed by atoms with van der Waals surface area (Å²) < 4.78 is 33.7. The van der Waals surface area contributed by atoms with Crippen LogP contribution < -0.4 is 4.72 Å². The van der Waals surface area contributed by atoms with Crippen molar-refractivity contribution in [3.05, 3.63) is 0 Å². The number of unbranched alkanes of at least 4 members (excludes halogenated alkanes) is 1. The molecule has 20 heavy (non-hydrogen) atoms. The van der Waals surface area contributed by atoms with E-state index in [0.717, 1.165) is 25.7 Å². The number of piperidine rings is 1. The summed E-state index contributed by atoms with van der Waals surface area (Å²) in [7, 11) is -3.40. The maximum absolute atomic E-state index is 12.1. The van der Waals surface area contributed by atoms with Gasteiger partial charge >= 0.3 is 0 Å². The number of nitrogens with zero attached hydrogens (tertiary/aromatic N) is 1. The molecule has 0 aromatic carbocycles. The van der Waals surface area contributed by atoms with Gasteiger partial charge in [-0.3, -0.25) is 0 Å². The molecular weight excluding hydrogens is 280 g/mol. The second kappa shape index (κ2) is 8.94. The topological polar surface area (TPSA) is 78.9 Å². The van der Waals surface area contributed by atoms with Gasteiger partial charge < -0.3 is 9.84 Å². The summed E-state index contributed by atoms with van der Waals surface area (Å²) in [5.74, 6) is 0.0692. The van der Waals surface area contributed by atoms with Gasteiger partial charge in [-0.15, -0.1) is 0 Å². The molecule has 1 unspecified atom stereocenters. The fourth-order valence-corrected chi connectivity index (χ4v) is 3.59. The van der Waals surface area contributed by atoms with Gasteiger partial charge in [0.05, 0.1) is 6.10 Å². The number of hydrogen-bond donors (Lipinski definition) is 2. The first-order chi connectivity index (χ1) is 9.45. The zero-order valence-corrected chi connectivity index (χ0v) is 13.4. The number of nitrogens with one attached hydrogen (secondary N) is 1. The van der Waals surface area contributed by atoms with E-state index in [-0.39, 0.29) is 18.6 Å². The Bertz CT molecular complexity index is 359. The maximum Gasteiger partial charge on any atom is 0.279 e. The molecule has 7 heteroatoms. The summed E-state index contributed by atoms with van der Waals surface area (Å²) in [4.78, 5) is 0. The minimum Gasteiger partial charge on any atom is -0.396 e. The molecule has 0 aliphatic carbocycles. The van der Waals surface area contributed by atoms with Crippen molar-refractivity contribution in [3.63, 3.8) is 0 Å². The summed E-state index contributed by atoms with van der Waals surface area (Å²) in [5.41, 5.74) is 0. The lowest BCUT2D eigenvalue weighted by Crippen LogP contribution is -2.46. The first-order valence-corrected chi connectivity index (χ1v) is 8.87. The quantitative estimate of drug-likeness (QED) is 0.616. The Hall–Kier alpha value is -0.210. The van der Waals surface area contributed by atoms with E-state index in [1.54, 1.807) is 0 Å². The lowest BCUT2D eigenvalue weighted by molar-refractivity contribution is 0.0762. The third kappa shape index (κ3) is 6.49. The molecule has 1 heterocycles. The lowest BCUT2D eigenvalue weighted by Gasteiger charge is -2.30. The standard InChI is InChI=1S/C13H28N2O4S/c1-12(2)19-9-4-3-7-14-20(17,18)15-8-5-6-13(10-15)11-16/h12-14,16H,3-11H2,1-2H3. The molecule has 1 aliphatic rings. The van der Waals surface area contributed by atoms with Crippen LogP contribution in [0.25, 0.3) is 0 Å². The van der Waals surface area contributed by atoms with Crippen LogP contribution in [-0.2, 0) is 14.9 Å². The summed E-state index contributed by atoms with van der Waals surface area (Å²) in [6.07, 6.45) is 3.54. The fraction of sp³-hybridized carbons (Fsp3) is 1.00. The molecule has 0 spiro atoms. The first kappa shape index (κ1) is 17.8. The van der Waals surface area contributed by atoms with Gasteiger partial charge in [-0.05, 0) is 45.4 Å². The Morgan fingerprint density at radius 1 is 1.40 bits per heavy atom. The minimum absolute atomic E-state index is 0.0541. The van der Waals surface area contributed by atoms with E-state index in [9.17, 15) is 8.42 Å². The van der Waals surface area contributed by atoms with Crippen molar-refractivity contribution in [3.8, 4) is 0 Å². The monoisotopic (exact) mass is 308 g/mol. The number of ether oxygens (including phenoxy) is 1. The van der Waals surface area contributed by atoms with Crippen molar-refractivity contribution >= 4 is 10.2 Å². The van der Waals surface area contributed by atoms with Crippen LogP contribution >= 0.6 is 0 Å². The summed E-state index contributed by atoms with van der Waals surface area (Å²) in [6.45, 7) is 6.08. The SMILES string of the molecule is CC(C)OCCCCNS(=O)(=O)N1CCCC(CO)C1. The van der Waals surface area contributed by atoms with Gasteiger partial charge in [-0.25, -0.2) is 4.72 Å². The second-order valence-corrected chi connectivity index (χ2v) is 7.33. The molecular formula is C13H28N2O4S. The summed E-state index contributed by atoms with van der Waals surface area (Å²) in [5, 5.41) is 9.14. The first-order valence-electron chi connectivity index (χ1n) is 7.43. The van der Waals surface area contributed by atoms with Crippen molar-refractivity contribution in [1.29, 1.82) is 0 Å². The highest BCUT2D eigenvalue weighted by molar-refractivity contribution is 7.87. The number of rotatable bonds is 9. The molecule has 0 aromatic rings. The average Bonchev–Trinajstić information content (AvgIpc) is 2.42. The van der Waals surface area contributed by atoms with Gasteiger partial charge in [0.2, 0.25) is 0 Å². The lowest BCUT2D eigenvalue weighted by atomic mass is 10.0. The Balaban J connectivity index is 2.24. The number of hydrogen-bond acceptors (Lipinski definition) is 4. The van der Waals surface area contributed by atoms with Crippen LogP contribution in [0, 0.1) is 5.92 Å². The Labute approximate surface area is 122 Å². The van der Waals surface area contributed by atoms with Crippen LogP contribution in [0.1, 0.15) is 39.5 Å². The molecule has 1 fully saturated rings. The molecule has 2 N–H and O–H groups in total. The van der Waals surface area contributed by atoms with Crippen LogP contribution in [0.5, 0.6) is 0 Å². The summed E-state index contributed by atoms with van der Waals surface area (Å²) in [6, 6.07) is 0. The van der Waals surface area contributed by atoms with E-state index in [0.29, 0.717) is 26.2 Å². The third-order valence-electron chi connectivity index (χ3n) is 3.39. The van der Waals surface area contributed by atoms with Crippen LogP contribution in [0.2, 0.25) is 0 Å². The molecule has 0 aromatic heterocycles. The van der Waals surface area contributed by atoms with Crippen molar-refractivity contribution in [2.75, 3.05) is 32.8 Å². The molecule has 0 amide bonds. The van der Waals surface area contributed by atoms with Gasteiger partial charge in [0.1, 0.15) is 0 Å². The average molecular weight is 308 g/mol. The Morgan fingerprint density at radius 2 is 2.15 bits per heavy atom. The highest BCUT2D eigenvalue weighted by Crippen LogP contribution is 2.17. The van der Waals surface area contributed by atoms with Crippen molar-refractivity contribution in [2.24, 2.45) is 5.92 Å². The number of aliphatic hydroxyl groups excluding tert-OH is 1. The van der Waals surface area contributed by atoms with Crippen LogP contribution in [0.3, 0.4) is 0 Å². The van der Waals surface area contributed by atoms with Gasteiger partial charge in [0.25, 0.3) is 10.2 Å². The van der Waals surface area contributed by atoms with Crippen molar-refractivity contribution in [2.45, 2.75) is 45.6 Å². The molecule has 1 atom stereocenters. The zero-order chi connectivity index (χ0) is 15.0. The van der Waals surface area contributed by atoms with Gasteiger partial charge in [-0.1, -0.05) is 0 Å². The molecule has 1 rings (SSSR count). The van der Waals surface area contributed by atoms with Crippen LogP contribution in [0.15, 0.2) is 0 Å². The number of aliphatic hydroxyl groups is 1. The molecule has 6 nitrogen and oxygen atoms in total. The normalized spacial score (nSPS) is 21.5. The van der Waals surface area contributed by atoms with Gasteiger partial charge in [0, 0.05) is 32.8 Å². The molecule has 0 bridgehead atoms. The molecule has 1 saturated heterocycles.